The molecule has 1 N–H and O–H groups in total. The first-order valence-corrected chi connectivity index (χ1v) is 6.01. The van der Waals surface area contributed by atoms with Gasteiger partial charge in [0.15, 0.2) is 5.43 Å². The number of hydrogen-bond acceptors (Lipinski definition) is 1. The molecule has 2 nitrogen and oxygen atoms in total. The van der Waals surface area contributed by atoms with Crippen molar-refractivity contribution in [2.45, 2.75) is 32.6 Å². The Morgan fingerprint density at radius 2 is 2.00 bits per heavy atom. The van der Waals surface area contributed by atoms with Crippen LogP contribution in [0.15, 0.2) is 16.9 Å². The molecule has 0 aliphatic heterocycles. The van der Waals surface area contributed by atoms with Crippen LogP contribution in [0.2, 0.25) is 0 Å². The van der Waals surface area contributed by atoms with Crippen molar-refractivity contribution in [1.29, 1.82) is 0 Å². The Hall–Kier alpha value is -1.64. The van der Waals surface area contributed by atoms with Crippen molar-refractivity contribution in [3.63, 3.8) is 0 Å². The maximum absolute atomic E-state index is 13.5. The number of benzene rings is 1. The van der Waals surface area contributed by atoms with E-state index < -0.39 is 0 Å². The molecular weight excluding hydrogens is 217 g/mol. The fourth-order valence-corrected chi connectivity index (χ4v) is 2.64. The van der Waals surface area contributed by atoms with Gasteiger partial charge in [0.05, 0.1) is 5.52 Å². The van der Waals surface area contributed by atoms with Crippen LogP contribution in [0.1, 0.15) is 29.7 Å². The third-order valence-corrected chi connectivity index (χ3v) is 3.66. The highest BCUT2D eigenvalue weighted by molar-refractivity contribution is 5.82. The first kappa shape index (κ1) is 10.5. The highest BCUT2D eigenvalue weighted by atomic mass is 19.1. The number of fused-ring (bicyclic) bond motifs is 2. The summed E-state index contributed by atoms with van der Waals surface area (Å²) in [6.45, 7) is 1.71. The lowest BCUT2D eigenvalue weighted by Gasteiger charge is -2.16. The molecule has 1 aliphatic carbocycles. The Morgan fingerprint density at radius 3 is 2.82 bits per heavy atom. The number of hydrogen-bond donors (Lipinski definition) is 1. The van der Waals surface area contributed by atoms with Gasteiger partial charge in [-0.3, -0.25) is 4.79 Å². The van der Waals surface area contributed by atoms with Gasteiger partial charge < -0.3 is 4.98 Å². The Bertz CT molecular complexity index is 657. The van der Waals surface area contributed by atoms with Gasteiger partial charge in [0.2, 0.25) is 0 Å². The second-order valence-electron chi connectivity index (χ2n) is 4.71. The fourth-order valence-electron chi connectivity index (χ4n) is 2.64. The monoisotopic (exact) mass is 231 g/mol. The fraction of sp³-hybridized carbons (Fsp3) is 0.357. The van der Waals surface area contributed by atoms with Crippen LogP contribution in [-0.2, 0) is 12.8 Å². The molecular formula is C14H14FNO. The molecule has 0 amide bonds. The second-order valence-corrected chi connectivity index (χ2v) is 4.71. The molecule has 88 valence electrons. The Kier molecular flexibility index (Phi) is 2.28. The number of rotatable bonds is 0. The Balaban J connectivity index is 2.44. The van der Waals surface area contributed by atoms with E-state index in [2.05, 4.69) is 4.98 Å². The summed E-state index contributed by atoms with van der Waals surface area (Å²) < 4.78 is 13.5. The summed E-state index contributed by atoms with van der Waals surface area (Å²) in [7, 11) is 0. The number of halogens is 1. The van der Waals surface area contributed by atoms with E-state index in [-0.39, 0.29) is 11.2 Å². The minimum absolute atomic E-state index is 0.0801. The van der Waals surface area contributed by atoms with E-state index in [1.54, 1.807) is 13.0 Å². The molecule has 17 heavy (non-hydrogen) atoms. The highest BCUT2D eigenvalue weighted by Gasteiger charge is 2.17. The summed E-state index contributed by atoms with van der Waals surface area (Å²) in [6.07, 6.45) is 3.91. The maximum Gasteiger partial charge on any atom is 0.192 e. The van der Waals surface area contributed by atoms with E-state index >= 15 is 0 Å². The summed E-state index contributed by atoms with van der Waals surface area (Å²) in [4.78, 5) is 15.6. The maximum atomic E-state index is 13.5. The molecule has 3 rings (SSSR count). The topological polar surface area (TPSA) is 32.9 Å². The number of aryl methyl sites for hydroxylation is 2. The summed E-state index contributed by atoms with van der Waals surface area (Å²) in [5.41, 5.74) is 3.18. The molecule has 0 radical (unpaired) electrons. The van der Waals surface area contributed by atoms with Gasteiger partial charge in [0, 0.05) is 22.2 Å². The standard InChI is InChI=1S/C14H14FNO/c1-8-11(15)7-6-10-13(8)16-12-5-3-2-4-9(12)14(10)17/h6-7H,2-5H2,1H3,(H,16,17). The summed E-state index contributed by atoms with van der Waals surface area (Å²) >= 11 is 0. The first-order valence-electron chi connectivity index (χ1n) is 6.01. The molecule has 0 atom stereocenters. The van der Waals surface area contributed by atoms with E-state index in [0.717, 1.165) is 36.9 Å². The zero-order chi connectivity index (χ0) is 12.0. The smallest absolute Gasteiger partial charge is 0.192 e. The van der Waals surface area contributed by atoms with Crippen LogP contribution in [-0.4, -0.2) is 4.98 Å². The molecule has 0 unspecified atom stereocenters. The largest absolute Gasteiger partial charge is 0.358 e. The summed E-state index contributed by atoms with van der Waals surface area (Å²) in [5, 5.41) is 0.615. The van der Waals surface area contributed by atoms with Crippen LogP contribution in [0.5, 0.6) is 0 Å². The lowest BCUT2D eigenvalue weighted by molar-refractivity contribution is 0.619. The average Bonchev–Trinajstić information content (AvgIpc) is 2.35. The minimum Gasteiger partial charge on any atom is -0.358 e. The minimum atomic E-state index is -0.260. The molecule has 0 spiro atoms. The van der Waals surface area contributed by atoms with Crippen molar-refractivity contribution < 1.29 is 4.39 Å². The third-order valence-electron chi connectivity index (χ3n) is 3.66. The number of nitrogens with one attached hydrogen (secondary N) is 1. The van der Waals surface area contributed by atoms with Crippen LogP contribution in [0, 0.1) is 12.7 Å². The highest BCUT2D eigenvalue weighted by Crippen LogP contribution is 2.22. The molecule has 1 heterocycles. The van der Waals surface area contributed by atoms with Gasteiger partial charge >= 0.3 is 0 Å². The predicted octanol–water partition coefficient (Wildman–Crippen LogP) is 2.85. The van der Waals surface area contributed by atoms with Crippen LogP contribution in [0.3, 0.4) is 0 Å². The SMILES string of the molecule is Cc1c(F)ccc2c(=O)c3c([nH]c12)CCCC3. The van der Waals surface area contributed by atoms with Crippen LogP contribution in [0.25, 0.3) is 10.9 Å². The zero-order valence-electron chi connectivity index (χ0n) is 9.77. The van der Waals surface area contributed by atoms with Gasteiger partial charge in [-0.15, -0.1) is 0 Å². The van der Waals surface area contributed by atoms with Crippen molar-refractivity contribution in [1.82, 2.24) is 4.98 Å². The predicted molar refractivity (Wildman–Crippen MR) is 65.9 cm³/mol. The summed E-state index contributed by atoms with van der Waals surface area (Å²) in [6, 6.07) is 2.97. The molecule has 3 heteroatoms. The van der Waals surface area contributed by atoms with Gasteiger partial charge in [-0.25, -0.2) is 4.39 Å². The lowest BCUT2D eigenvalue weighted by Crippen LogP contribution is -2.18. The quantitative estimate of drug-likeness (QED) is 0.743. The number of pyridine rings is 1. The van der Waals surface area contributed by atoms with Crippen LogP contribution in [0.4, 0.5) is 4.39 Å². The zero-order valence-corrected chi connectivity index (χ0v) is 9.77. The number of aromatic nitrogens is 1. The van der Waals surface area contributed by atoms with Gasteiger partial charge in [0.1, 0.15) is 5.82 Å². The van der Waals surface area contributed by atoms with Crippen molar-refractivity contribution in [3.05, 3.63) is 45.0 Å². The molecule has 0 saturated heterocycles. The van der Waals surface area contributed by atoms with E-state index in [4.69, 9.17) is 0 Å². The van der Waals surface area contributed by atoms with E-state index in [0.29, 0.717) is 16.5 Å². The molecule has 0 fully saturated rings. The molecule has 0 saturated carbocycles. The number of H-pyrrole nitrogens is 1. The third kappa shape index (κ3) is 1.49. The van der Waals surface area contributed by atoms with E-state index in [1.165, 1.54) is 6.07 Å². The van der Waals surface area contributed by atoms with Crippen molar-refractivity contribution in [2.75, 3.05) is 0 Å². The number of aromatic amines is 1. The molecule has 2 aromatic rings. The van der Waals surface area contributed by atoms with Gasteiger partial charge in [-0.2, -0.15) is 0 Å². The van der Waals surface area contributed by atoms with E-state index in [9.17, 15) is 9.18 Å². The van der Waals surface area contributed by atoms with Gasteiger partial charge in [-0.1, -0.05) is 0 Å². The molecule has 1 aromatic heterocycles. The average molecular weight is 231 g/mol. The molecule has 1 aliphatic rings. The van der Waals surface area contributed by atoms with E-state index in [1.807, 2.05) is 0 Å². The van der Waals surface area contributed by atoms with Crippen LogP contribution >= 0.6 is 0 Å². The Labute approximate surface area is 98.5 Å². The Morgan fingerprint density at radius 1 is 1.24 bits per heavy atom. The summed E-state index contributed by atoms with van der Waals surface area (Å²) in [5.74, 6) is -0.260. The second kappa shape index (κ2) is 3.69. The lowest BCUT2D eigenvalue weighted by atomic mass is 9.93. The molecule has 0 bridgehead atoms. The van der Waals surface area contributed by atoms with Crippen molar-refractivity contribution in [3.8, 4) is 0 Å². The van der Waals surface area contributed by atoms with Crippen molar-refractivity contribution >= 4 is 10.9 Å². The normalized spacial score (nSPS) is 14.9. The molecule has 1 aromatic carbocycles. The van der Waals surface area contributed by atoms with Crippen molar-refractivity contribution in [2.24, 2.45) is 0 Å². The van der Waals surface area contributed by atoms with Gasteiger partial charge in [0.25, 0.3) is 0 Å². The van der Waals surface area contributed by atoms with Crippen LogP contribution < -0.4 is 5.43 Å². The van der Waals surface area contributed by atoms with Gasteiger partial charge in [-0.05, 0) is 44.7 Å². The first-order chi connectivity index (χ1) is 8.18.